The summed E-state index contributed by atoms with van der Waals surface area (Å²) >= 11 is 0. The highest BCUT2D eigenvalue weighted by Crippen LogP contribution is 2.44. The maximum Gasteiger partial charge on any atom is 0.413 e. The number of nitrogens with zero attached hydrogens (tertiary/aromatic N) is 3. The maximum absolute atomic E-state index is 13.5. The molecule has 4 heterocycles. The van der Waals surface area contributed by atoms with Crippen molar-refractivity contribution < 1.29 is 77.4 Å². The van der Waals surface area contributed by atoms with Crippen LogP contribution in [0.15, 0.2) is 65.8 Å². The summed E-state index contributed by atoms with van der Waals surface area (Å²) in [6.07, 6.45) is -15.1. The van der Waals surface area contributed by atoms with Gasteiger partial charge in [0.25, 0.3) is 0 Å². The Morgan fingerprint density at radius 2 is 1.45 bits per heavy atom. The van der Waals surface area contributed by atoms with E-state index >= 15 is 0 Å². The molecule has 0 spiro atoms. The molecule has 4 aliphatic rings. The molecule has 0 aromatic heterocycles. The summed E-state index contributed by atoms with van der Waals surface area (Å²) in [5.74, 6) is -2.96. The number of hydrogen-bond donors (Lipinski definition) is 0. The van der Waals surface area contributed by atoms with Gasteiger partial charge in [0.05, 0.1) is 25.4 Å². The minimum absolute atomic E-state index is 0.0998. The highest BCUT2D eigenvalue weighted by Gasteiger charge is 2.61. The molecule has 4 fully saturated rings. The fourth-order valence-electron chi connectivity index (χ4n) is 6.55. The van der Waals surface area contributed by atoms with E-state index in [1.54, 1.807) is 76.2 Å². The summed E-state index contributed by atoms with van der Waals surface area (Å²) in [4.78, 5) is 16.4. The van der Waals surface area contributed by atoms with Crippen molar-refractivity contribution in [2.45, 2.75) is 113 Å². The Bertz CT molecular complexity index is 1780. The second kappa shape index (κ2) is 16.6. The van der Waals surface area contributed by atoms with Crippen LogP contribution in [0, 0.1) is 0 Å². The van der Waals surface area contributed by atoms with Gasteiger partial charge >= 0.3 is 22.5 Å². The van der Waals surface area contributed by atoms with E-state index < -0.39 is 109 Å². The molecule has 302 valence electrons. The standard InChI is InChI=1S/C34H40F3N3O14S/c1-32(2)51-25-21(49-31-28(27(25)52-32)53-33(3,4)54-31)16-45-30-23(39-40-38)26(50-29(41)20-13-9-6-10-14-20)24(44-15-19-11-7-5-8-12-19)22(48-30)17-46-55(42,43)47-18-34(35,36)37/h5-14,21-28,30-31H,15-18H2,1-4H3/t21-,22-,23-,24-,25+,26-,27+,28-,30+,31-/m1/s1. The lowest BCUT2D eigenvalue weighted by atomic mass is 9.96. The van der Waals surface area contributed by atoms with Gasteiger partial charge in [-0.3, -0.25) is 0 Å². The van der Waals surface area contributed by atoms with Crippen molar-refractivity contribution >= 4 is 16.4 Å². The van der Waals surface area contributed by atoms with E-state index in [2.05, 4.69) is 14.2 Å². The lowest BCUT2D eigenvalue weighted by Crippen LogP contribution is -2.62. The lowest BCUT2D eigenvalue weighted by Gasteiger charge is -2.44. The van der Waals surface area contributed by atoms with E-state index in [0.717, 1.165) is 0 Å². The SMILES string of the molecule is CC1(C)O[C@H]2[C@@H](O1)[C@@H](CO[C@H]1O[C@H](COS(=O)(=O)OCC(F)(F)F)[C@@H](OCc3ccccc3)[C@H](OC(=O)c3ccccc3)[C@H]1N=[N+]=[N-])O[C@@H]1OC(C)(C)O[C@@H]12. The largest absolute Gasteiger partial charge is 0.455 e. The molecule has 0 amide bonds. The van der Waals surface area contributed by atoms with Crippen LogP contribution in [0.2, 0.25) is 0 Å². The van der Waals surface area contributed by atoms with Crippen LogP contribution in [0.25, 0.3) is 10.4 Å². The number of azide groups is 1. The van der Waals surface area contributed by atoms with Crippen LogP contribution < -0.4 is 0 Å². The van der Waals surface area contributed by atoms with Crippen molar-refractivity contribution in [3.63, 3.8) is 0 Å². The van der Waals surface area contributed by atoms with E-state index in [4.69, 9.17) is 46.8 Å². The Kier molecular flexibility index (Phi) is 12.4. The molecule has 0 N–H and O–H groups in total. The molecule has 0 bridgehead atoms. The van der Waals surface area contributed by atoms with Crippen LogP contribution in [-0.2, 0) is 68.0 Å². The van der Waals surface area contributed by atoms with Crippen LogP contribution in [0.4, 0.5) is 13.2 Å². The van der Waals surface area contributed by atoms with E-state index in [1.807, 2.05) is 0 Å². The minimum Gasteiger partial charge on any atom is -0.455 e. The molecular weight excluding hydrogens is 763 g/mol. The topological polar surface area (TPSA) is 202 Å². The summed E-state index contributed by atoms with van der Waals surface area (Å²) in [6, 6.07) is 14.9. The van der Waals surface area contributed by atoms with Crippen molar-refractivity contribution in [1.82, 2.24) is 0 Å². The molecule has 4 aliphatic heterocycles. The monoisotopic (exact) mass is 803 g/mol. The lowest BCUT2D eigenvalue weighted by molar-refractivity contribution is -0.294. The third-order valence-corrected chi connectivity index (χ3v) is 9.59. The first-order chi connectivity index (χ1) is 25.9. The number of alkyl halides is 3. The maximum atomic E-state index is 13.5. The number of esters is 1. The van der Waals surface area contributed by atoms with Gasteiger partial charge in [0.15, 0.2) is 30.8 Å². The number of fused-ring (bicyclic) bond motifs is 3. The highest BCUT2D eigenvalue weighted by atomic mass is 32.3. The predicted octanol–water partition coefficient (Wildman–Crippen LogP) is 4.45. The number of benzene rings is 2. The van der Waals surface area contributed by atoms with Crippen molar-refractivity contribution in [3.05, 3.63) is 82.2 Å². The van der Waals surface area contributed by atoms with Gasteiger partial charge in [0.1, 0.15) is 48.8 Å². The normalized spacial score (nSPS) is 32.6. The van der Waals surface area contributed by atoms with Crippen molar-refractivity contribution in [1.29, 1.82) is 0 Å². The van der Waals surface area contributed by atoms with Gasteiger partial charge < -0.3 is 42.6 Å². The molecule has 2 aromatic rings. The van der Waals surface area contributed by atoms with Crippen molar-refractivity contribution in [2.75, 3.05) is 19.8 Å². The Labute approximate surface area is 314 Å². The predicted molar refractivity (Wildman–Crippen MR) is 178 cm³/mol. The molecule has 2 aromatic carbocycles. The Balaban J connectivity index is 1.30. The molecule has 0 radical (unpaired) electrons. The van der Waals surface area contributed by atoms with Crippen LogP contribution >= 0.6 is 0 Å². The second-order valence-corrected chi connectivity index (χ2v) is 15.1. The van der Waals surface area contributed by atoms with Gasteiger partial charge in [-0.25, -0.2) is 13.2 Å². The zero-order valence-electron chi connectivity index (χ0n) is 30.0. The number of carbonyl (C=O) groups is 1. The molecule has 0 saturated carbocycles. The molecule has 0 aliphatic carbocycles. The van der Waals surface area contributed by atoms with Crippen LogP contribution in [0.5, 0.6) is 0 Å². The summed E-state index contributed by atoms with van der Waals surface area (Å²) in [7, 11) is -5.26. The first-order valence-electron chi connectivity index (χ1n) is 17.1. The molecule has 10 atom stereocenters. The summed E-state index contributed by atoms with van der Waals surface area (Å²) in [5, 5.41) is 3.85. The second-order valence-electron chi connectivity index (χ2n) is 13.8. The number of carbonyl (C=O) groups excluding carboxylic acids is 1. The van der Waals surface area contributed by atoms with E-state index in [0.29, 0.717) is 5.56 Å². The van der Waals surface area contributed by atoms with Crippen molar-refractivity contribution in [3.8, 4) is 0 Å². The first-order valence-corrected chi connectivity index (χ1v) is 18.5. The average molecular weight is 804 g/mol. The summed E-state index contributed by atoms with van der Waals surface area (Å²) < 4.78 is 127. The zero-order valence-corrected chi connectivity index (χ0v) is 30.8. The Morgan fingerprint density at radius 3 is 2.13 bits per heavy atom. The molecule has 21 heteroatoms. The summed E-state index contributed by atoms with van der Waals surface area (Å²) in [6.45, 7) is 3.16. The van der Waals surface area contributed by atoms with Gasteiger partial charge in [-0.15, -0.1) is 0 Å². The molecule has 4 saturated heterocycles. The minimum atomic E-state index is -5.26. The van der Waals surface area contributed by atoms with Crippen molar-refractivity contribution in [2.24, 2.45) is 5.11 Å². The average Bonchev–Trinajstić information content (AvgIpc) is 3.63. The Morgan fingerprint density at radius 1 is 0.818 bits per heavy atom. The van der Waals surface area contributed by atoms with Gasteiger partial charge in [0, 0.05) is 4.91 Å². The van der Waals surface area contributed by atoms with Gasteiger partial charge in [-0.2, -0.15) is 21.6 Å². The highest BCUT2D eigenvalue weighted by molar-refractivity contribution is 7.81. The van der Waals surface area contributed by atoms with E-state index in [-0.39, 0.29) is 18.8 Å². The van der Waals surface area contributed by atoms with Gasteiger partial charge in [0.2, 0.25) is 0 Å². The van der Waals surface area contributed by atoms with Gasteiger partial charge in [-0.05, 0) is 50.9 Å². The third kappa shape index (κ3) is 10.5. The van der Waals surface area contributed by atoms with Crippen LogP contribution in [-0.4, -0.2) is 113 Å². The number of rotatable bonds is 14. The van der Waals surface area contributed by atoms with E-state index in [1.165, 1.54) is 12.1 Å². The molecular formula is C34H40F3N3O14S. The number of hydrogen-bond acceptors (Lipinski definition) is 15. The molecule has 6 rings (SSSR count). The molecule has 17 nitrogen and oxygen atoms in total. The van der Waals surface area contributed by atoms with Crippen LogP contribution in [0.1, 0.15) is 43.6 Å². The summed E-state index contributed by atoms with van der Waals surface area (Å²) in [5.41, 5.74) is 10.4. The van der Waals surface area contributed by atoms with E-state index in [9.17, 15) is 31.9 Å². The fourth-order valence-corrected chi connectivity index (χ4v) is 7.20. The Hall–Kier alpha value is -3.44. The molecule has 55 heavy (non-hydrogen) atoms. The third-order valence-electron chi connectivity index (χ3n) is 8.76. The fraction of sp³-hybridized carbons (Fsp3) is 0.618. The zero-order chi connectivity index (χ0) is 39.6. The van der Waals surface area contributed by atoms with Gasteiger partial charge in [-0.1, -0.05) is 53.6 Å². The number of ether oxygens (including phenoxy) is 9. The first kappa shape index (κ1) is 41.2. The van der Waals surface area contributed by atoms with Crippen LogP contribution in [0.3, 0.4) is 0 Å². The molecule has 0 unspecified atom stereocenters. The number of halogens is 3. The quantitative estimate of drug-likeness (QED) is 0.112. The smallest absolute Gasteiger partial charge is 0.413 e.